The van der Waals surface area contributed by atoms with Crippen molar-refractivity contribution in [2.45, 2.75) is 26.3 Å². The third-order valence-corrected chi connectivity index (χ3v) is 5.65. The van der Waals surface area contributed by atoms with Crippen LogP contribution in [0, 0.1) is 6.92 Å². The van der Waals surface area contributed by atoms with Gasteiger partial charge in [0.1, 0.15) is 29.6 Å². The molecule has 0 aliphatic rings. The van der Waals surface area contributed by atoms with Gasteiger partial charge in [-0.15, -0.1) is 13.2 Å². The van der Waals surface area contributed by atoms with Gasteiger partial charge in [0.2, 0.25) is 5.89 Å². The number of amides is 1. The van der Waals surface area contributed by atoms with Crippen LogP contribution in [0.25, 0.3) is 11.5 Å². The van der Waals surface area contributed by atoms with E-state index in [9.17, 15) is 27.9 Å². The first-order valence-electron chi connectivity index (χ1n) is 12.3. The van der Waals surface area contributed by atoms with E-state index in [1.54, 1.807) is 24.3 Å². The second-order valence-corrected chi connectivity index (χ2v) is 8.77. The summed E-state index contributed by atoms with van der Waals surface area (Å²) in [5.74, 6) is -0.337. The average molecular weight is 571 g/mol. The highest BCUT2D eigenvalue weighted by Crippen LogP contribution is 2.27. The van der Waals surface area contributed by atoms with E-state index >= 15 is 0 Å². The monoisotopic (exact) mass is 570 g/mol. The first-order valence-corrected chi connectivity index (χ1v) is 12.3. The van der Waals surface area contributed by atoms with Crippen molar-refractivity contribution in [1.82, 2.24) is 9.88 Å². The maximum atomic E-state index is 12.7. The van der Waals surface area contributed by atoms with Crippen LogP contribution in [0.2, 0.25) is 0 Å². The predicted octanol–water partition coefficient (Wildman–Crippen LogP) is 6.26. The summed E-state index contributed by atoms with van der Waals surface area (Å²) in [7, 11) is 0. The summed E-state index contributed by atoms with van der Waals surface area (Å²) >= 11 is 0. The molecular weight excluding hydrogens is 545 g/mol. The molecule has 4 aromatic rings. The molecule has 0 aliphatic carbocycles. The third kappa shape index (κ3) is 8.75. The number of halogens is 3. The number of carboxylic acid groups (broad SMARTS) is 1. The number of hydrogen-bond donors (Lipinski definition) is 1. The van der Waals surface area contributed by atoms with Crippen LogP contribution in [-0.4, -0.2) is 46.6 Å². The summed E-state index contributed by atoms with van der Waals surface area (Å²) in [6.45, 7) is 1.34. The van der Waals surface area contributed by atoms with Gasteiger partial charge >= 0.3 is 18.4 Å². The number of carbonyl (C=O) groups is 2. The molecule has 9 nitrogen and oxygen atoms in total. The van der Waals surface area contributed by atoms with Gasteiger partial charge in [0, 0.05) is 24.6 Å². The van der Waals surface area contributed by atoms with Crippen molar-refractivity contribution in [2.75, 3.05) is 13.2 Å². The number of carbonyl (C=O) groups excluding carboxylic acids is 1. The molecule has 0 saturated heterocycles. The fourth-order valence-electron chi connectivity index (χ4n) is 3.79. The van der Waals surface area contributed by atoms with E-state index in [0.717, 1.165) is 28.3 Å². The lowest BCUT2D eigenvalue weighted by Crippen LogP contribution is -2.37. The molecule has 214 valence electrons. The van der Waals surface area contributed by atoms with Crippen molar-refractivity contribution >= 4 is 12.1 Å². The van der Waals surface area contributed by atoms with Crippen molar-refractivity contribution in [3.63, 3.8) is 0 Å². The number of oxazole rings is 1. The lowest BCUT2D eigenvalue weighted by atomic mass is 10.2. The number of aromatic nitrogens is 1. The Morgan fingerprint density at radius 3 is 2.34 bits per heavy atom. The summed E-state index contributed by atoms with van der Waals surface area (Å²) in [6.07, 6.45) is -5.47. The van der Waals surface area contributed by atoms with Crippen LogP contribution in [0.4, 0.5) is 18.0 Å². The maximum Gasteiger partial charge on any atom is 0.573 e. The van der Waals surface area contributed by atoms with Crippen molar-refractivity contribution in [1.29, 1.82) is 0 Å². The van der Waals surface area contributed by atoms with Crippen LogP contribution >= 0.6 is 0 Å². The zero-order valence-electron chi connectivity index (χ0n) is 21.8. The lowest BCUT2D eigenvalue weighted by Gasteiger charge is -2.20. The van der Waals surface area contributed by atoms with Gasteiger partial charge in [0.25, 0.3) is 0 Å². The Hall–Kier alpha value is -5.00. The van der Waals surface area contributed by atoms with E-state index in [-0.39, 0.29) is 12.3 Å². The summed E-state index contributed by atoms with van der Waals surface area (Å²) < 4.78 is 57.9. The smallest absolute Gasteiger partial charge is 0.493 e. The summed E-state index contributed by atoms with van der Waals surface area (Å²) in [5.41, 5.74) is 2.23. The number of nitrogens with zero attached hydrogens (tertiary/aromatic N) is 2. The number of benzene rings is 3. The quantitative estimate of drug-likeness (QED) is 0.225. The van der Waals surface area contributed by atoms with Crippen LogP contribution in [0.5, 0.6) is 17.2 Å². The first-order chi connectivity index (χ1) is 19.6. The molecule has 41 heavy (non-hydrogen) atoms. The van der Waals surface area contributed by atoms with E-state index in [1.165, 1.54) is 12.1 Å². The van der Waals surface area contributed by atoms with Crippen molar-refractivity contribution in [2.24, 2.45) is 0 Å². The minimum Gasteiger partial charge on any atom is -0.493 e. The van der Waals surface area contributed by atoms with Crippen LogP contribution in [0.3, 0.4) is 0 Å². The number of ether oxygens (including phenoxy) is 3. The van der Waals surface area contributed by atoms with E-state index in [0.29, 0.717) is 36.0 Å². The average Bonchev–Trinajstić information content (AvgIpc) is 3.29. The number of aryl methyl sites for hydroxylation is 1. The molecule has 0 saturated carbocycles. The van der Waals surface area contributed by atoms with Crippen LogP contribution in [-0.2, 0) is 17.8 Å². The predicted molar refractivity (Wildman–Crippen MR) is 140 cm³/mol. The van der Waals surface area contributed by atoms with Crippen molar-refractivity contribution in [3.05, 3.63) is 95.9 Å². The molecule has 0 atom stereocenters. The minimum absolute atomic E-state index is 0.134. The molecule has 0 spiro atoms. The number of hydrogen-bond acceptors (Lipinski definition) is 7. The lowest BCUT2D eigenvalue weighted by molar-refractivity contribution is -0.274. The normalized spacial score (nSPS) is 11.1. The van der Waals surface area contributed by atoms with Crippen LogP contribution in [0.15, 0.2) is 83.3 Å². The standard InChI is InChI=1S/C29H25F3N2O7/c1-19-25(33-27(39-19)21-6-3-2-4-7-21)14-15-38-22-12-10-20(11-13-22)17-34(18-26(35)36)28(37)40-23-8-5-9-24(16-23)41-29(30,31)32/h2-13,16H,14-15,17-18H2,1H3,(H,35,36). The van der Waals surface area contributed by atoms with Crippen LogP contribution < -0.4 is 14.2 Å². The second-order valence-electron chi connectivity index (χ2n) is 8.77. The molecule has 1 N–H and O–H groups in total. The Balaban J connectivity index is 1.33. The molecular formula is C29H25F3N2O7. The second kappa shape index (κ2) is 12.9. The number of aliphatic carboxylic acids is 1. The maximum absolute atomic E-state index is 12.7. The highest BCUT2D eigenvalue weighted by Gasteiger charge is 2.31. The highest BCUT2D eigenvalue weighted by molar-refractivity contribution is 5.78. The van der Waals surface area contributed by atoms with Gasteiger partial charge in [-0.2, -0.15) is 0 Å². The Labute approximate surface area is 232 Å². The largest absolute Gasteiger partial charge is 0.573 e. The Bertz CT molecular complexity index is 1470. The fraction of sp³-hybridized carbons (Fsp3) is 0.207. The van der Waals surface area contributed by atoms with Gasteiger partial charge in [-0.05, 0) is 48.9 Å². The van der Waals surface area contributed by atoms with E-state index < -0.39 is 30.7 Å². The molecule has 0 unspecified atom stereocenters. The Kier molecular flexibility index (Phi) is 9.12. The number of alkyl halides is 3. The number of carboxylic acids is 1. The molecule has 0 fully saturated rings. The highest BCUT2D eigenvalue weighted by atomic mass is 19.4. The van der Waals surface area contributed by atoms with Crippen molar-refractivity contribution < 1.29 is 46.5 Å². The van der Waals surface area contributed by atoms with E-state index in [1.807, 2.05) is 37.3 Å². The first kappa shape index (κ1) is 29.0. The SMILES string of the molecule is Cc1oc(-c2ccccc2)nc1CCOc1ccc(CN(CC(=O)O)C(=O)Oc2cccc(OC(F)(F)F)c2)cc1. The number of rotatable bonds is 11. The van der Waals surface area contributed by atoms with Gasteiger partial charge in [-0.1, -0.05) is 36.4 Å². The molecule has 1 amide bonds. The van der Waals surface area contributed by atoms with Gasteiger partial charge in [0.05, 0.1) is 12.3 Å². The summed E-state index contributed by atoms with van der Waals surface area (Å²) in [4.78, 5) is 29.4. The molecule has 12 heteroatoms. The zero-order chi connectivity index (χ0) is 29.4. The minimum atomic E-state index is -4.92. The molecule has 0 bridgehead atoms. The Morgan fingerprint density at radius 1 is 0.951 bits per heavy atom. The van der Waals surface area contributed by atoms with Gasteiger partial charge in [-0.3, -0.25) is 9.69 Å². The zero-order valence-corrected chi connectivity index (χ0v) is 21.8. The molecule has 1 aromatic heterocycles. The molecule has 0 aliphatic heterocycles. The molecule has 4 rings (SSSR count). The van der Waals surface area contributed by atoms with Gasteiger partial charge < -0.3 is 23.7 Å². The van der Waals surface area contributed by atoms with Gasteiger partial charge in [0.15, 0.2) is 0 Å². The topological polar surface area (TPSA) is 111 Å². The summed E-state index contributed by atoms with van der Waals surface area (Å²) in [6, 6.07) is 20.6. The van der Waals surface area contributed by atoms with Crippen LogP contribution in [0.1, 0.15) is 17.0 Å². The molecule has 0 radical (unpaired) electrons. The third-order valence-electron chi connectivity index (χ3n) is 5.65. The molecule has 3 aromatic carbocycles. The molecule has 1 heterocycles. The Morgan fingerprint density at radius 2 is 1.66 bits per heavy atom. The van der Waals surface area contributed by atoms with Crippen molar-refractivity contribution in [3.8, 4) is 28.7 Å². The van der Waals surface area contributed by atoms with E-state index in [4.69, 9.17) is 13.9 Å². The summed E-state index contributed by atoms with van der Waals surface area (Å²) in [5, 5.41) is 9.24. The van der Waals surface area contributed by atoms with E-state index in [2.05, 4.69) is 9.72 Å². The van der Waals surface area contributed by atoms with Gasteiger partial charge in [-0.25, -0.2) is 9.78 Å². The fourth-order valence-corrected chi connectivity index (χ4v) is 3.79.